The van der Waals surface area contributed by atoms with Crippen LogP contribution in [0.1, 0.15) is 5.56 Å². The Kier molecular flexibility index (Phi) is 2.13. The molecule has 0 unspecified atom stereocenters. The first-order chi connectivity index (χ1) is 6.66. The van der Waals surface area contributed by atoms with Gasteiger partial charge < -0.3 is 4.52 Å². The quantitative estimate of drug-likeness (QED) is 0.712. The van der Waals surface area contributed by atoms with Crippen LogP contribution in [0, 0.1) is 12.3 Å². The molecule has 0 bridgehead atoms. The van der Waals surface area contributed by atoms with E-state index in [1.54, 1.807) is 6.07 Å². The Hall–Kier alpha value is -1.55. The van der Waals surface area contributed by atoms with E-state index in [0.29, 0.717) is 5.02 Å². The molecule has 14 heavy (non-hydrogen) atoms. The lowest BCUT2D eigenvalue weighted by atomic mass is 10.2. The molecule has 0 saturated heterocycles. The Morgan fingerprint density at radius 1 is 1.50 bits per heavy atom. The van der Waals surface area contributed by atoms with E-state index in [1.807, 2.05) is 19.1 Å². The summed E-state index contributed by atoms with van der Waals surface area (Å²) in [5.74, 6) is 0. The number of nitrogens with zero attached hydrogens (tertiary/aromatic N) is 2. The molecule has 1 aromatic heterocycles. The summed E-state index contributed by atoms with van der Waals surface area (Å²) in [7, 11) is 0. The predicted octanol–water partition coefficient (Wildman–Crippen LogP) is 0.955. The van der Waals surface area contributed by atoms with Crippen molar-refractivity contribution >= 4 is 11.6 Å². The Morgan fingerprint density at radius 3 is 2.86 bits per heavy atom. The highest BCUT2D eigenvalue weighted by Gasteiger charge is 2.04. The van der Waals surface area contributed by atoms with Crippen LogP contribution in [-0.4, -0.2) is 0 Å². The first-order valence-corrected chi connectivity index (χ1v) is 4.41. The summed E-state index contributed by atoms with van der Waals surface area (Å²) in [6.45, 7) is 1.91. The molecule has 1 aromatic carbocycles. The van der Waals surface area contributed by atoms with E-state index in [0.717, 1.165) is 11.3 Å². The predicted molar refractivity (Wildman–Crippen MR) is 49.2 cm³/mol. The van der Waals surface area contributed by atoms with Crippen LogP contribution >= 0.6 is 11.6 Å². The van der Waals surface area contributed by atoms with Gasteiger partial charge in [0.2, 0.25) is 11.9 Å². The molecule has 5 heteroatoms. The number of nitrogens with one attached hydrogen (secondary N) is 1. The number of hydrogen-bond donors (Lipinski definition) is 1. The molecule has 0 fully saturated rings. The molecule has 0 aliphatic rings. The summed E-state index contributed by atoms with van der Waals surface area (Å²) >= 11 is 5.88. The highest BCUT2D eigenvalue weighted by Crippen LogP contribution is 2.15. The minimum atomic E-state index is 0.0256. The maximum absolute atomic E-state index is 7.19. The molecular weight excluding hydrogens is 202 g/mol. The fourth-order valence-corrected chi connectivity index (χ4v) is 1.26. The van der Waals surface area contributed by atoms with Crippen molar-refractivity contribution in [2.75, 3.05) is 0 Å². The Balaban J connectivity index is 2.52. The topological polar surface area (TPSA) is 55.0 Å². The van der Waals surface area contributed by atoms with Gasteiger partial charge in [0.05, 0.1) is 0 Å². The van der Waals surface area contributed by atoms with Crippen molar-refractivity contribution in [1.82, 2.24) is 5.27 Å². The van der Waals surface area contributed by atoms with Gasteiger partial charge in [0.1, 0.15) is 0 Å². The fourth-order valence-electron chi connectivity index (χ4n) is 1.14. The third-order valence-electron chi connectivity index (χ3n) is 1.87. The van der Waals surface area contributed by atoms with Crippen molar-refractivity contribution in [3.8, 4) is 5.69 Å². The van der Waals surface area contributed by atoms with Crippen LogP contribution in [0.4, 0.5) is 0 Å². The van der Waals surface area contributed by atoms with Gasteiger partial charge in [0.15, 0.2) is 0 Å². The van der Waals surface area contributed by atoms with Gasteiger partial charge >= 0.3 is 0 Å². The Labute approximate surface area is 85.2 Å². The summed E-state index contributed by atoms with van der Waals surface area (Å²) in [6.07, 6.45) is 1.49. The van der Waals surface area contributed by atoms with Crippen LogP contribution in [0.2, 0.25) is 5.02 Å². The number of halogens is 1. The number of aromatic nitrogens is 2. The van der Waals surface area contributed by atoms with Crippen molar-refractivity contribution in [1.29, 1.82) is 5.41 Å². The summed E-state index contributed by atoms with van der Waals surface area (Å²) in [5, 5.41) is 11.6. The second-order valence-electron chi connectivity index (χ2n) is 2.94. The van der Waals surface area contributed by atoms with E-state index >= 15 is 0 Å². The molecule has 2 aromatic rings. The van der Waals surface area contributed by atoms with Gasteiger partial charge in [-0.3, -0.25) is 10.7 Å². The van der Waals surface area contributed by atoms with Gasteiger partial charge in [-0.15, -0.1) is 0 Å². The molecule has 72 valence electrons. The Morgan fingerprint density at radius 2 is 2.29 bits per heavy atom. The van der Waals surface area contributed by atoms with Gasteiger partial charge in [0, 0.05) is 17.2 Å². The third-order valence-corrected chi connectivity index (χ3v) is 2.30. The molecule has 1 N–H and O–H groups in total. The molecule has 0 amide bonds. The van der Waals surface area contributed by atoms with Crippen molar-refractivity contribution in [2.45, 2.75) is 6.92 Å². The van der Waals surface area contributed by atoms with Crippen molar-refractivity contribution < 1.29 is 9.20 Å². The monoisotopic (exact) mass is 209 g/mol. The number of hydrogen-bond acceptors (Lipinski definition) is 2. The van der Waals surface area contributed by atoms with Crippen LogP contribution < -0.4 is 15.5 Å². The second kappa shape index (κ2) is 3.31. The van der Waals surface area contributed by atoms with Gasteiger partial charge in [-0.2, -0.15) is 0 Å². The zero-order valence-corrected chi connectivity index (χ0v) is 8.25. The first-order valence-electron chi connectivity index (χ1n) is 4.03. The first kappa shape index (κ1) is 9.02. The lowest BCUT2D eigenvalue weighted by molar-refractivity contribution is -0.676. The summed E-state index contributed by atoms with van der Waals surface area (Å²) < 4.78 is 6.13. The molecule has 0 aliphatic heterocycles. The molecular formula is C9H8ClN3O. The Bertz CT molecular complexity index is 515. The van der Waals surface area contributed by atoms with E-state index in [1.165, 1.54) is 10.9 Å². The van der Waals surface area contributed by atoms with Crippen molar-refractivity contribution in [3.05, 3.63) is 40.5 Å². The van der Waals surface area contributed by atoms with Crippen LogP contribution in [0.5, 0.6) is 0 Å². The highest BCUT2D eigenvalue weighted by molar-refractivity contribution is 6.31. The minimum absolute atomic E-state index is 0.0256. The van der Waals surface area contributed by atoms with Crippen LogP contribution in [0.25, 0.3) is 5.69 Å². The second-order valence-corrected chi connectivity index (χ2v) is 3.35. The average molecular weight is 210 g/mol. The van der Waals surface area contributed by atoms with Crippen LogP contribution in [0.3, 0.4) is 0 Å². The molecule has 0 atom stereocenters. The van der Waals surface area contributed by atoms with E-state index in [9.17, 15) is 0 Å². The molecule has 0 saturated carbocycles. The minimum Gasteiger partial charge on any atom is -0.487 e. The lowest BCUT2D eigenvalue weighted by Gasteiger charge is -1.99. The fraction of sp³-hybridized carbons (Fsp3) is 0.111. The maximum Gasteiger partial charge on any atom is 0.265 e. The van der Waals surface area contributed by atoms with E-state index < -0.39 is 0 Å². The summed E-state index contributed by atoms with van der Waals surface area (Å²) in [6, 6.07) is 5.49. The van der Waals surface area contributed by atoms with Gasteiger partial charge in [0.25, 0.3) is 5.55 Å². The number of aryl methyl sites for hydroxylation is 1. The van der Waals surface area contributed by atoms with Crippen LogP contribution in [0.15, 0.2) is 28.9 Å². The number of rotatable bonds is 1. The highest BCUT2D eigenvalue weighted by atomic mass is 35.5. The third kappa shape index (κ3) is 1.56. The van der Waals surface area contributed by atoms with Gasteiger partial charge in [-0.05, 0) is 18.6 Å². The number of benzene rings is 1. The van der Waals surface area contributed by atoms with E-state index in [2.05, 4.69) is 9.79 Å². The zero-order chi connectivity index (χ0) is 10.1. The normalized spacial score (nSPS) is 10.4. The SMILES string of the molecule is Cc1cc(-[n+]2cc(=N)o[n-]2)ccc1Cl. The van der Waals surface area contributed by atoms with Crippen molar-refractivity contribution in [2.24, 2.45) is 0 Å². The molecule has 1 heterocycles. The molecule has 0 aliphatic carbocycles. The molecule has 0 spiro atoms. The van der Waals surface area contributed by atoms with Crippen molar-refractivity contribution in [3.63, 3.8) is 0 Å². The molecule has 2 rings (SSSR count). The van der Waals surface area contributed by atoms with E-state index in [-0.39, 0.29) is 5.55 Å². The lowest BCUT2D eigenvalue weighted by Crippen LogP contribution is -2.34. The smallest absolute Gasteiger partial charge is 0.265 e. The molecule has 0 radical (unpaired) electrons. The summed E-state index contributed by atoms with van der Waals surface area (Å²) in [4.78, 5) is 0. The molecule has 4 nitrogen and oxygen atoms in total. The van der Waals surface area contributed by atoms with Gasteiger partial charge in [-0.1, -0.05) is 11.6 Å². The zero-order valence-electron chi connectivity index (χ0n) is 7.49. The maximum atomic E-state index is 7.19. The summed E-state index contributed by atoms with van der Waals surface area (Å²) in [5.41, 5.74) is 1.82. The van der Waals surface area contributed by atoms with E-state index in [4.69, 9.17) is 17.0 Å². The standard InChI is InChI=1S/C9H8ClN3O/c1-6-4-7(2-3-8(6)10)13-5-9(11)14-12-13/h2-5,11H,1H3. The van der Waals surface area contributed by atoms with Crippen LogP contribution in [-0.2, 0) is 0 Å². The van der Waals surface area contributed by atoms with Gasteiger partial charge in [-0.25, -0.2) is 4.68 Å². The average Bonchev–Trinajstić information content (AvgIpc) is 2.57. The largest absolute Gasteiger partial charge is 0.487 e.